The van der Waals surface area contributed by atoms with Gasteiger partial charge in [-0.2, -0.15) is 0 Å². The van der Waals surface area contributed by atoms with Crippen molar-refractivity contribution in [3.05, 3.63) is 113 Å². The summed E-state index contributed by atoms with van der Waals surface area (Å²) in [6.07, 6.45) is 0. The summed E-state index contributed by atoms with van der Waals surface area (Å²) < 4.78 is 11.7. The number of nitrogens with zero attached hydrogens (tertiary/aromatic N) is 1. The Balaban J connectivity index is 1.22. The fraction of sp³-hybridized carbons (Fsp3) is 0.0690. The molecule has 0 saturated heterocycles. The molecule has 2 N–H and O–H groups in total. The molecule has 0 aliphatic heterocycles. The number of hydrogen-bond acceptors (Lipinski definition) is 5. The van der Waals surface area contributed by atoms with E-state index in [-0.39, 0.29) is 11.0 Å². The van der Waals surface area contributed by atoms with Crippen LogP contribution in [-0.4, -0.2) is 16.0 Å². The molecule has 0 bridgehead atoms. The molecule has 184 valence electrons. The average molecular weight is 528 g/mol. The standard InChI is InChI=1S/C29H22ClN3O3S/c1-18-7-14-25-26(15-18)36-28(32-25)23-16-21(10-13-24(23)30)31-29(37)33-27(34)20-8-11-22(12-9-20)35-17-19-5-3-2-4-6-19/h2-16H,17H2,1H3,(H2,31,33,34,37). The molecule has 0 fully saturated rings. The summed E-state index contributed by atoms with van der Waals surface area (Å²) in [7, 11) is 0. The predicted octanol–water partition coefficient (Wildman–Crippen LogP) is 7.16. The summed E-state index contributed by atoms with van der Waals surface area (Å²) in [4.78, 5) is 17.2. The highest BCUT2D eigenvalue weighted by molar-refractivity contribution is 7.80. The number of thiocarbonyl (C=S) groups is 1. The lowest BCUT2D eigenvalue weighted by molar-refractivity contribution is 0.0977. The van der Waals surface area contributed by atoms with E-state index in [1.54, 1.807) is 42.5 Å². The van der Waals surface area contributed by atoms with E-state index in [4.69, 9.17) is 33.0 Å². The Kier molecular flexibility index (Phi) is 7.16. The van der Waals surface area contributed by atoms with Gasteiger partial charge in [-0.05, 0) is 84.9 Å². The van der Waals surface area contributed by atoms with Gasteiger partial charge in [0.2, 0.25) is 5.89 Å². The molecule has 4 aromatic carbocycles. The number of oxazole rings is 1. The van der Waals surface area contributed by atoms with Gasteiger partial charge < -0.3 is 14.5 Å². The summed E-state index contributed by atoms with van der Waals surface area (Å²) in [5.41, 5.74) is 5.27. The fourth-order valence-corrected chi connectivity index (χ4v) is 4.10. The average Bonchev–Trinajstić information content (AvgIpc) is 3.32. The van der Waals surface area contributed by atoms with E-state index in [1.165, 1.54) is 0 Å². The van der Waals surface area contributed by atoms with Crippen molar-refractivity contribution in [1.29, 1.82) is 0 Å². The second-order valence-electron chi connectivity index (χ2n) is 8.39. The zero-order valence-electron chi connectivity index (χ0n) is 19.8. The molecule has 1 amide bonds. The van der Waals surface area contributed by atoms with E-state index in [1.807, 2.05) is 55.5 Å². The van der Waals surface area contributed by atoms with Crippen molar-refractivity contribution in [3.63, 3.8) is 0 Å². The predicted molar refractivity (Wildman–Crippen MR) is 150 cm³/mol. The third-order valence-corrected chi connectivity index (χ3v) is 6.12. The van der Waals surface area contributed by atoms with E-state index < -0.39 is 0 Å². The van der Waals surface area contributed by atoms with Gasteiger partial charge >= 0.3 is 0 Å². The Hall–Kier alpha value is -4.20. The van der Waals surface area contributed by atoms with Gasteiger partial charge in [0, 0.05) is 11.3 Å². The van der Waals surface area contributed by atoms with Crippen LogP contribution in [0.15, 0.2) is 95.4 Å². The molecule has 0 atom stereocenters. The van der Waals surface area contributed by atoms with Gasteiger partial charge in [0.15, 0.2) is 10.7 Å². The van der Waals surface area contributed by atoms with Crippen LogP contribution in [0.1, 0.15) is 21.5 Å². The number of hydrogen-bond donors (Lipinski definition) is 2. The number of carbonyl (C=O) groups is 1. The Labute approximate surface area is 224 Å². The number of carbonyl (C=O) groups excluding carboxylic acids is 1. The van der Waals surface area contributed by atoms with Gasteiger partial charge in [-0.3, -0.25) is 10.1 Å². The van der Waals surface area contributed by atoms with Crippen LogP contribution < -0.4 is 15.4 Å². The zero-order valence-corrected chi connectivity index (χ0v) is 21.4. The number of aryl methyl sites for hydroxylation is 1. The molecule has 0 aliphatic carbocycles. The van der Waals surface area contributed by atoms with Gasteiger partial charge in [0.1, 0.15) is 17.9 Å². The molecule has 6 nitrogen and oxygen atoms in total. The molecule has 5 rings (SSSR count). The first kappa shape index (κ1) is 24.5. The highest BCUT2D eigenvalue weighted by Crippen LogP contribution is 2.32. The maximum atomic E-state index is 12.7. The minimum absolute atomic E-state index is 0.149. The lowest BCUT2D eigenvalue weighted by atomic mass is 10.2. The van der Waals surface area contributed by atoms with E-state index in [0.29, 0.717) is 45.7 Å². The second kappa shape index (κ2) is 10.8. The van der Waals surface area contributed by atoms with Crippen molar-refractivity contribution in [2.75, 3.05) is 5.32 Å². The molecule has 0 aliphatic rings. The van der Waals surface area contributed by atoms with Crippen molar-refractivity contribution >= 4 is 51.6 Å². The van der Waals surface area contributed by atoms with Crippen molar-refractivity contribution in [2.45, 2.75) is 13.5 Å². The highest BCUT2D eigenvalue weighted by Gasteiger charge is 2.14. The second-order valence-corrected chi connectivity index (χ2v) is 9.21. The molecular weight excluding hydrogens is 506 g/mol. The number of aromatic nitrogens is 1. The van der Waals surface area contributed by atoms with Crippen LogP contribution in [0.3, 0.4) is 0 Å². The molecule has 0 radical (unpaired) electrons. The van der Waals surface area contributed by atoms with Crippen molar-refractivity contribution in [1.82, 2.24) is 10.3 Å². The number of nitrogens with one attached hydrogen (secondary N) is 2. The minimum Gasteiger partial charge on any atom is -0.489 e. The Morgan fingerprint density at radius 3 is 2.57 bits per heavy atom. The Bertz CT molecular complexity index is 1580. The molecule has 0 spiro atoms. The normalized spacial score (nSPS) is 10.8. The monoisotopic (exact) mass is 527 g/mol. The lowest BCUT2D eigenvalue weighted by Gasteiger charge is -2.11. The van der Waals surface area contributed by atoms with E-state index in [2.05, 4.69) is 15.6 Å². The highest BCUT2D eigenvalue weighted by atomic mass is 35.5. The molecular formula is C29H22ClN3O3S. The quantitative estimate of drug-likeness (QED) is 0.228. The maximum Gasteiger partial charge on any atom is 0.257 e. The number of benzene rings is 4. The Morgan fingerprint density at radius 1 is 1.00 bits per heavy atom. The minimum atomic E-state index is -0.337. The summed E-state index contributed by atoms with van der Waals surface area (Å²) in [6, 6.07) is 27.8. The third-order valence-electron chi connectivity index (χ3n) is 5.59. The summed E-state index contributed by atoms with van der Waals surface area (Å²) >= 11 is 11.8. The third kappa shape index (κ3) is 5.97. The van der Waals surface area contributed by atoms with Gasteiger partial charge in [0.25, 0.3) is 5.91 Å². The SMILES string of the molecule is Cc1ccc2nc(-c3cc(NC(=S)NC(=O)c4ccc(OCc5ccccc5)cc4)ccc3Cl)oc2c1. The first-order valence-electron chi connectivity index (χ1n) is 11.5. The summed E-state index contributed by atoms with van der Waals surface area (Å²) in [5, 5.41) is 6.35. The van der Waals surface area contributed by atoms with Gasteiger partial charge in [-0.1, -0.05) is 48.0 Å². The maximum absolute atomic E-state index is 12.7. The number of anilines is 1. The molecule has 0 unspecified atom stereocenters. The molecule has 1 heterocycles. The number of amides is 1. The molecule has 0 saturated carbocycles. The van der Waals surface area contributed by atoms with Crippen molar-refractivity contribution in [3.8, 4) is 17.2 Å². The topological polar surface area (TPSA) is 76.4 Å². The van der Waals surface area contributed by atoms with Gasteiger partial charge in [-0.25, -0.2) is 4.98 Å². The fourth-order valence-electron chi connectivity index (χ4n) is 3.70. The first-order valence-corrected chi connectivity index (χ1v) is 12.3. The number of rotatable bonds is 6. The van der Waals surface area contributed by atoms with Crippen LogP contribution in [-0.2, 0) is 6.61 Å². The summed E-state index contributed by atoms with van der Waals surface area (Å²) in [5.74, 6) is 0.735. The van der Waals surface area contributed by atoms with E-state index >= 15 is 0 Å². The van der Waals surface area contributed by atoms with Crippen LogP contribution in [0, 0.1) is 6.92 Å². The lowest BCUT2D eigenvalue weighted by Crippen LogP contribution is -2.34. The number of halogens is 1. The largest absolute Gasteiger partial charge is 0.489 e. The molecule has 37 heavy (non-hydrogen) atoms. The van der Waals surface area contributed by atoms with Crippen LogP contribution in [0.2, 0.25) is 5.02 Å². The molecule has 1 aromatic heterocycles. The van der Waals surface area contributed by atoms with Crippen LogP contribution in [0.4, 0.5) is 5.69 Å². The van der Waals surface area contributed by atoms with E-state index in [9.17, 15) is 4.79 Å². The Morgan fingerprint density at radius 2 is 1.78 bits per heavy atom. The van der Waals surface area contributed by atoms with Crippen LogP contribution in [0.25, 0.3) is 22.6 Å². The molecule has 5 aromatic rings. The van der Waals surface area contributed by atoms with E-state index in [0.717, 1.165) is 16.6 Å². The number of fused-ring (bicyclic) bond motifs is 1. The van der Waals surface area contributed by atoms with Crippen LogP contribution in [0.5, 0.6) is 5.75 Å². The molecule has 8 heteroatoms. The first-order chi connectivity index (χ1) is 17.9. The van der Waals surface area contributed by atoms with Crippen LogP contribution >= 0.6 is 23.8 Å². The smallest absolute Gasteiger partial charge is 0.257 e. The van der Waals surface area contributed by atoms with Gasteiger partial charge in [0.05, 0.1) is 10.6 Å². The van der Waals surface area contributed by atoms with Crippen molar-refractivity contribution < 1.29 is 13.9 Å². The van der Waals surface area contributed by atoms with Crippen molar-refractivity contribution in [2.24, 2.45) is 0 Å². The summed E-state index contributed by atoms with van der Waals surface area (Å²) in [6.45, 7) is 2.44. The van der Waals surface area contributed by atoms with Gasteiger partial charge in [-0.15, -0.1) is 0 Å². The zero-order chi connectivity index (χ0) is 25.8. The number of ether oxygens (including phenoxy) is 1.